The number of phosphoric acid groups is 3. The van der Waals surface area contributed by atoms with Gasteiger partial charge in [0.25, 0.3) is 0 Å². The van der Waals surface area contributed by atoms with E-state index >= 15 is 0 Å². The second-order valence-electron chi connectivity index (χ2n) is 13.0. The molecule has 7 atom stereocenters. The van der Waals surface area contributed by atoms with E-state index in [0.717, 1.165) is 17.2 Å². The number of carboxylic acids is 1. The van der Waals surface area contributed by atoms with Gasteiger partial charge in [-0.3, -0.25) is 27.7 Å². The van der Waals surface area contributed by atoms with Crippen LogP contribution in [-0.4, -0.2) is 134 Å². The number of nitrogens with one attached hydrogen (secondary N) is 2. The molecule has 0 bridgehead atoms. The van der Waals surface area contributed by atoms with E-state index in [4.69, 9.17) is 29.7 Å². The smallest absolute Gasteiger partial charge is 0.481 e. The number of nitrogens with zero attached hydrogens (tertiary/aromatic N) is 4. The number of fused-ring (bicyclic) bond motifs is 1. The van der Waals surface area contributed by atoms with Crippen LogP contribution in [0.25, 0.3) is 17.2 Å². The highest BCUT2D eigenvalue weighted by atomic mass is 32.1. The van der Waals surface area contributed by atoms with Crippen molar-refractivity contribution in [3.05, 3.63) is 54.3 Å². The zero-order valence-electron chi connectivity index (χ0n) is 31.5. The standard InChI is InChI=1S/C21H36N7O16P3S.C9H8O3/c1-21(2,16(31)19(32)24-4-3-12(29)23-5-6-48)8-41-47(38,39)44-46(36,37)40-7-11-15(43-45(33,34)35)14(30)20(42-11)28-10-27-13-17(22)25-9-26-18(13)28;10-8(9(11)12)6-7-4-2-1-3-5-7/h9-11,14-16,20,30-31,48H,3-8H2,1-2H3,(H,23,29)(H,24,32)(H,36,37)(H,38,39)(H2,22,25,26)(H2,33,34,35);1-6,10H,(H,11,12)/t11-,14-,15-,16+,20-;/m1./s1. The van der Waals surface area contributed by atoms with E-state index in [-0.39, 0.29) is 35.9 Å². The number of carbonyl (C=O) groups excluding carboxylic acids is 2. The van der Waals surface area contributed by atoms with Gasteiger partial charge < -0.3 is 61.1 Å². The third-order valence-corrected chi connectivity index (χ3v) is 11.2. The van der Waals surface area contributed by atoms with E-state index in [0.29, 0.717) is 17.9 Å². The van der Waals surface area contributed by atoms with Crippen LogP contribution in [-0.2, 0) is 50.7 Å². The first-order chi connectivity index (χ1) is 27.9. The van der Waals surface area contributed by atoms with Gasteiger partial charge in [-0.1, -0.05) is 44.2 Å². The lowest BCUT2D eigenvalue weighted by atomic mass is 9.87. The molecule has 1 saturated heterocycles. The summed E-state index contributed by atoms with van der Waals surface area (Å²) in [5.41, 5.74) is 4.96. The predicted octanol–water partition coefficient (Wildman–Crippen LogP) is 0.00480. The number of thiol groups is 1. The van der Waals surface area contributed by atoms with Crippen LogP contribution in [0.15, 0.2) is 48.7 Å². The molecule has 4 rings (SSSR count). The Morgan fingerprint density at radius 2 is 1.67 bits per heavy atom. The van der Waals surface area contributed by atoms with E-state index in [1.54, 1.807) is 24.3 Å². The van der Waals surface area contributed by atoms with Gasteiger partial charge in [0.15, 0.2) is 17.7 Å². The van der Waals surface area contributed by atoms with Crippen LogP contribution < -0.4 is 16.4 Å². The van der Waals surface area contributed by atoms with Gasteiger partial charge in [-0.2, -0.15) is 16.9 Å². The van der Waals surface area contributed by atoms with Crippen molar-refractivity contribution < 1.29 is 90.7 Å². The number of ether oxygens (including phenoxy) is 1. The number of phosphoric ester groups is 3. The number of amides is 2. The molecule has 1 aliphatic rings. The van der Waals surface area contributed by atoms with Gasteiger partial charge in [0.1, 0.15) is 36.3 Å². The molecule has 0 aliphatic carbocycles. The molecule has 3 heterocycles. The Morgan fingerprint density at radius 3 is 2.28 bits per heavy atom. The topological polar surface area (TPSA) is 404 Å². The van der Waals surface area contributed by atoms with Crippen LogP contribution in [0.3, 0.4) is 0 Å². The van der Waals surface area contributed by atoms with Gasteiger partial charge in [-0.25, -0.2) is 33.4 Å². The molecule has 2 amide bonds. The van der Waals surface area contributed by atoms with E-state index < -0.39 is 90.4 Å². The average molecular weight is 932 g/mol. The van der Waals surface area contributed by atoms with Gasteiger partial charge in [0.05, 0.1) is 19.5 Å². The lowest BCUT2D eigenvalue weighted by molar-refractivity contribution is -0.137. The third kappa shape index (κ3) is 15.5. The summed E-state index contributed by atoms with van der Waals surface area (Å²) in [6.45, 7) is 0.723. The minimum atomic E-state index is -5.54. The number of aromatic nitrogens is 4. The van der Waals surface area contributed by atoms with Crippen molar-refractivity contribution in [2.45, 2.75) is 50.9 Å². The zero-order valence-corrected chi connectivity index (χ0v) is 35.0. The molecule has 1 aliphatic heterocycles. The first kappa shape index (κ1) is 50.5. The molecule has 0 spiro atoms. The molecule has 3 aromatic rings. The number of carboxylic acid groups (broad SMARTS) is 1. The summed E-state index contributed by atoms with van der Waals surface area (Å²) >= 11 is 3.95. The number of aliphatic carboxylic acids is 1. The number of nitrogen functional groups attached to an aromatic ring is 1. The molecule has 2 unspecified atom stereocenters. The Labute approximate surface area is 345 Å². The molecule has 12 N–H and O–H groups in total. The minimum absolute atomic E-state index is 0.0363. The Balaban J connectivity index is 0.000000685. The molecule has 60 heavy (non-hydrogen) atoms. The van der Waals surface area contributed by atoms with Gasteiger partial charge in [0, 0.05) is 30.7 Å². The zero-order chi connectivity index (χ0) is 45.1. The maximum Gasteiger partial charge on any atom is 0.481 e. The molecule has 0 radical (unpaired) electrons. The SMILES string of the molecule is CC(C)(COP(=O)(O)OP(=O)(O)OC[C@H]1O[C@@H](n2cnc3c(N)ncnc32)[C@H](O)[C@@H]1OP(=O)(O)O)[C@@H](O)C(=O)NCCC(=O)NCCS.O=C(O)C(O)=Cc1ccccc1. The Kier molecular flexibility index (Phi) is 18.3. The first-order valence-corrected chi connectivity index (χ1v) is 22.2. The number of aliphatic hydroxyl groups is 3. The molecule has 1 fully saturated rings. The van der Waals surface area contributed by atoms with E-state index in [1.807, 2.05) is 6.07 Å². The summed E-state index contributed by atoms with van der Waals surface area (Å²) in [4.78, 5) is 84.8. The molecule has 0 saturated carbocycles. The van der Waals surface area contributed by atoms with Gasteiger partial charge in [-0.05, 0) is 11.6 Å². The Bertz CT molecular complexity index is 2120. The van der Waals surface area contributed by atoms with Crippen molar-refractivity contribution in [3.63, 3.8) is 0 Å². The highest BCUT2D eigenvalue weighted by Crippen LogP contribution is 2.61. The fourth-order valence-corrected chi connectivity index (χ4v) is 7.84. The van der Waals surface area contributed by atoms with Crippen LogP contribution in [0.2, 0.25) is 0 Å². The van der Waals surface area contributed by atoms with Crippen molar-refractivity contribution in [2.24, 2.45) is 5.41 Å². The summed E-state index contributed by atoms with van der Waals surface area (Å²) in [6, 6.07) is 8.76. The normalized spacial score (nSPS) is 20.9. The minimum Gasteiger partial charge on any atom is -0.502 e. The molecule has 30 heteroatoms. The number of imidazole rings is 1. The molecule has 2 aromatic heterocycles. The highest BCUT2D eigenvalue weighted by Gasteiger charge is 2.50. The number of carbonyl (C=O) groups is 3. The number of benzene rings is 1. The predicted molar refractivity (Wildman–Crippen MR) is 208 cm³/mol. The average Bonchev–Trinajstić information content (AvgIpc) is 3.72. The maximum absolute atomic E-state index is 12.6. The summed E-state index contributed by atoms with van der Waals surface area (Å²) < 4.78 is 61.7. The summed E-state index contributed by atoms with van der Waals surface area (Å²) in [7, 11) is -16.3. The van der Waals surface area contributed by atoms with E-state index in [2.05, 4.69) is 47.0 Å². The number of hydrogen-bond donors (Lipinski definition) is 12. The van der Waals surface area contributed by atoms with Gasteiger partial charge in [0.2, 0.25) is 17.6 Å². The van der Waals surface area contributed by atoms with Crippen molar-refractivity contribution in [2.75, 3.05) is 37.8 Å². The van der Waals surface area contributed by atoms with Crippen LogP contribution in [0.1, 0.15) is 32.1 Å². The fourth-order valence-electron chi connectivity index (χ4n) is 4.90. The van der Waals surface area contributed by atoms with Crippen molar-refractivity contribution >= 4 is 76.9 Å². The number of aliphatic hydroxyl groups excluding tert-OH is 3. The largest absolute Gasteiger partial charge is 0.502 e. The quantitative estimate of drug-likeness (QED) is 0.0307. The number of nitrogens with two attached hydrogens (primary N) is 1. The number of anilines is 1. The molecular formula is C30H44N7O19P3S. The second kappa shape index (κ2) is 21.8. The van der Waals surface area contributed by atoms with Crippen LogP contribution in [0, 0.1) is 5.41 Å². The van der Waals surface area contributed by atoms with E-state index in [1.165, 1.54) is 19.9 Å². The number of rotatable bonds is 20. The van der Waals surface area contributed by atoms with Gasteiger partial charge in [-0.15, -0.1) is 0 Å². The highest BCUT2D eigenvalue weighted by molar-refractivity contribution is 7.80. The lowest BCUT2D eigenvalue weighted by Gasteiger charge is -2.30. The fraction of sp³-hybridized carbons (Fsp3) is 0.467. The first-order valence-electron chi connectivity index (χ1n) is 17.0. The lowest BCUT2D eigenvalue weighted by Crippen LogP contribution is -2.46. The van der Waals surface area contributed by atoms with Gasteiger partial charge >= 0.3 is 29.4 Å². The van der Waals surface area contributed by atoms with Crippen LogP contribution in [0.5, 0.6) is 0 Å². The summed E-state index contributed by atoms with van der Waals surface area (Å²) in [6.07, 6.45) is -5.54. The Morgan fingerprint density at radius 1 is 1.02 bits per heavy atom. The number of hydrogen-bond acceptors (Lipinski definition) is 19. The molecule has 1 aromatic carbocycles. The second-order valence-corrected chi connectivity index (χ2v) is 17.7. The van der Waals surface area contributed by atoms with Crippen molar-refractivity contribution in [3.8, 4) is 0 Å². The summed E-state index contributed by atoms with van der Waals surface area (Å²) in [5.74, 6) is -2.92. The molecule has 26 nitrogen and oxygen atoms in total. The van der Waals surface area contributed by atoms with Crippen molar-refractivity contribution in [1.29, 1.82) is 0 Å². The van der Waals surface area contributed by atoms with Crippen LogP contribution >= 0.6 is 36.1 Å². The van der Waals surface area contributed by atoms with E-state index in [9.17, 15) is 57.9 Å². The Hall–Kier alpha value is -3.88. The summed E-state index contributed by atoms with van der Waals surface area (Å²) in [5, 5.41) is 43.3. The van der Waals surface area contributed by atoms with Crippen LogP contribution in [0.4, 0.5) is 5.82 Å². The third-order valence-electron chi connectivity index (χ3n) is 7.83. The maximum atomic E-state index is 12.6. The molecular weight excluding hydrogens is 887 g/mol. The monoisotopic (exact) mass is 931 g/mol. The van der Waals surface area contributed by atoms with Crippen molar-refractivity contribution in [1.82, 2.24) is 30.2 Å². The molecule has 334 valence electrons.